The number of hydrogen-bond donors (Lipinski definition) is 2. The van der Waals surface area contributed by atoms with Gasteiger partial charge in [0.15, 0.2) is 5.96 Å². The zero-order chi connectivity index (χ0) is 16.6. The Kier molecular flexibility index (Phi) is 5.72. The van der Waals surface area contributed by atoms with E-state index in [-0.39, 0.29) is 0 Å². The van der Waals surface area contributed by atoms with Crippen molar-refractivity contribution in [1.29, 1.82) is 0 Å². The molecule has 0 bridgehead atoms. The van der Waals surface area contributed by atoms with Gasteiger partial charge < -0.3 is 15.4 Å². The molecule has 0 unspecified atom stereocenters. The summed E-state index contributed by atoms with van der Waals surface area (Å²) in [5.41, 5.74) is 2.36. The van der Waals surface area contributed by atoms with E-state index >= 15 is 0 Å². The lowest BCUT2D eigenvalue weighted by Gasteiger charge is -2.10. The molecule has 0 amide bonds. The molecule has 4 heteroatoms. The van der Waals surface area contributed by atoms with Crippen molar-refractivity contribution in [2.24, 2.45) is 4.99 Å². The molecule has 1 fully saturated rings. The van der Waals surface area contributed by atoms with Gasteiger partial charge in [0.25, 0.3) is 0 Å². The molecule has 4 nitrogen and oxygen atoms in total. The van der Waals surface area contributed by atoms with Gasteiger partial charge in [-0.1, -0.05) is 42.5 Å². The number of hydrogen-bond acceptors (Lipinski definition) is 2. The minimum atomic E-state index is 0.583. The van der Waals surface area contributed by atoms with Crippen LogP contribution in [-0.2, 0) is 13.2 Å². The molecule has 0 radical (unpaired) electrons. The third-order valence-electron chi connectivity index (χ3n) is 3.85. The molecule has 126 valence electrons. The molecule has 1 aliphatic carbocycles. The summed E-state index contributed by atoms with van der Waals surface area (Å²) in [6.45, 7) is 4.24. The topological polar surface area (TPSA) is 45.7 Å². The minimum Gasteiger partial charge on any atom is -0.489 e. The summed E-state index contributed by atoms with van der Waals surface area (Å²) in [6.07, 6.45) is 2.50. The smallest absolute Gasteiger partial charge is 0.191 e. The Hall–Kier alpha value is -2.49. The second kappa shape index (κ2) is 8.39. The van der Waals surface area contributed by atoms with Gasteiger partial charge in [-0.05, 0) is 43.0 Å². The first-order valence-corrected chi connectivity index (χ1v) is 8.64. The highest BCUT2D eigenvalue weighted by atomic mass is 16.5. The molecule has 0 atom stereocenters. The lowest BCUT2D eigenvalue weighted by molar-refractivity contribution is 0.306. The van der Waals surface area contributed by atoms with Crippen molar-refractivity contribution in [3.63, 3.8) is 0 Å². The van der Waals surface area contributed by atoms with Gasteiger partial charge in [-0.25, -0.2) is 4.99 Å². The van der Waals surface area contributed by atoms with E-state index in [9.17, 15) is 0 Å². The molecule has 2 aromatic carbocycles. The Morgan fingerprint density at radius 1 is 1.04 bits per heavy atom. The SMILES string of the molecule is CCNC(=NCc1ccc(COc2ccccc2)cc1)NC1CC1. The Bertz CT molecular complexity index is 648. The number of ether oxygens (including phenoxy) is 1. The van der Waals surface area contributed by atoms with Crippen molar-refractivity contribution in [1.82, 2.24) is 10.6 Å². The first-order chi connectivity index (χ1) is 11.8. The molecular formula is C20H25N3O. The van der Waals surface area contributed by atoms with Crippen LogP contribution in [0.4, 0.5) is 0 Å². The number of aliphatic imine (C=N–C) groups is 1. The standard InChI is InChI=1S/C20H25N3O/c1-2-21-20(23-18-12-13-18)22-14-16-8-10-17(11-9-16)15-24-19-6-4-3-5-7-19/h3-11,18H,2,12-15H2,1H3,(H2,21,22,23). The molecule has 3 rings (SSSR count). The fraction of sp³-hybridized carbons (Fsp3) is 0.350. The van der Waals surface area contributed by atoms with Gasteiger partial charge in [-0.2, -0.15) is 0 Å². The van der Waals surface area contributed by atoms with Crippen LogP contribution in [-0.4, -0.2) is 18.5 Å². The number of nitrogens with one attached hydrogen (secondary N) is 2. The second-order valence-electron chi connectivity index (χ2n) is 6.03. The average Bonchev–Trinajstić information content (AvgIpc) is 3.44. The third-order valence-corrected chi connectivity index (χ3v) is 3.85. The monoisotopic (exact) mass is 323 g/mol. The molecule has 1 saturated carbocycles. The fourth-order valence-corrected chi connectivity index (χ4v) is 2.34. The highest BCUT2D eigenvalue weighted by Crippen LogP contribution is 2.18. The van der Waals surface area contributed by atoms with Crippen LogP contribution >= 0.6 is 0 Å². The van der Waals surface area contributed by atoms with Crippen LogP contribution in [0.25, 0.3) is 0 Å². The number of para-hydroxylation sites is 1. The molecule has 2 aromatic rings. The van der Waals surface area contributed by atoms with Crippen LogP contribution in [0.2, 0.25) is 0 Å². The van der Waals surface area contributed by atoms with Gasteiger partial charge in [0.1, 0.15) is 12.4 Å². The summed E-state index contributed by atoms with van der Waals surface area (Å²) >= 11 is 0. The molecule has 1 aliphatic rings. The van der Waals surface area contributed by atoms with Crippen LogP contribution in [0.5, 0.6) is 5.75 Å². The molecule has 2 N–H and O–H groups in total. The zero-order valence-corrected chi connectivity index (χ0v) is 14.2. The molecular weight excluding hydrogens is 298 g/mol. The molecule has 0 aromatic heterocycles. The van der Waals surface area contributed by atoms with Crippen molar-refractivity contribution in [3.8, 4) is 5.75 Å². The number of guanidine groups is 1. The lowest BCUT2D eigenvalue weighted by Crippen LogP contribution is -2.38. The van der Waals surface area contributed by atoms with Gasteiger partial charge in [0.05, 0.1) is 6.54 Å². The van der Waals surface area contributed by atoms with Crippen LogP contribution in [0.3, 0.4) is 0 Å². The van der Waals surface area contributed by atoms with E-state index in [1.54, 1.807) is 0 Å². The Balaban J connectivity index is 1.51. The number of benzene rings is 2. The first kappa shape index (κ1) is 16.4. The van der Waals surface area contributed by atoms with E-state index in [1.807, 2.05) is 30.3 Å². The van der Waals surface area contributed by atoms with E-state index in [0.717, 1.165) is 23.8 Å². The van der Waals surface area contributed by atoms with Crippen LogP contribution in [0, 0.1) is 0 Å². The normalized spacial score (nSPS) is 14.3. The van der Waals surface area contributed by atoms with Gasteiger partial charge in [0.2, 0.25) is 0 Å². The number of nitrogens with zero attached hydrogens (tertiary/aromatic N) is 1. The maximum Gasteiger partial charge on any atom is 0.191 e. The molecule has 0 heterocycles. The predicted octanol–water partition coefficient (Wildman–Crippen LogP) is 3.48. The Morgan fingerprint density at radius 2 is 1.75 bits per heavy atom. The summed E-state index contributed by atoms with van der Waals surface area (Å²) in [7, 11) is 0. The van der Waals surface area contributed by atoms with E-state index in [4.69, 9.17) is 4.74 Å². The first-order valence-electron chi connectivity index (χ1n) is 8.64. The molecule has 24 heavy (non-hydrogen) atoms. The maximum atomic E-state index is 5.77. The maximum absolute atomic E-state index is 5.77. The van der Waals surface area contributed by atoms with Gasteiger partial charge in [-0.3, -0.25) is 0 Å². The molecule has 0 spiro atoms. The van der Waals surface area contributed by atoms with E-state index < -0.39 is 0 Å². The van der Waals surface area contributed by atoms with Gasteiger partial charge >= 0.3 is 0 Å². The van der Waals surface area contributed by atoms with E-state index in [0.29, 0.717) is 19.2 Å². The van der Waals surface area contributed by atoms with E-state index in [1.165, 1.54) is 18.4 Å². The third kappa shape index (κ3) is 5.30. The highest BCUT2D eigenvalue weighted by molar-refractivity contribution is 5.80. The fourth-order valence-electron chi connectivity index (χ4n) is 2.34. The number of rotatable bonds is 7. The van der Waals surface area contributed by atoms with Crippen molar-refractivity contribution in [3.05, 3.63) is 65.7 Å². The van der Waals surface area contributed by atoms with Crippen molar-refractivity contribution < 1.29 is 4.74 Å². The van der Waals surface area contributed by atoms with Crippen LogP contribution < -0.4 is 15.4 Å². The molecule has 0 aliphatic heterocycles. The summed E-state index contributed by atoms with van der Waals surface area (Å²) in [5.74, 6) is 1.81. The largest absolute Gasteiger partial charge is 0.489 e. The average molecular weight is 323 g/mol. The van der Waals surface area contributed by atoms with E-state index in [2.05, 4.69) is 46.8 Å². The molecule has 0 saturated heterocycles. The quantitative estimate of drug-likeness (QED) is 0.606. The Morgan fingerprint density at radius 3 is 2.42 bits per heavy atom. The zero-order valence-electron chi connectivity index (χ0n) is 14.2. The second-order valence-corrected chi connectivity index (χ2v) is 6.03. The highest BCUT2D eigenvalue weighted by Gasteiger charge is 2.21. The van der Waals surface area contributed by atoms with Crippen LogP contribution in [0.1, 0.15) is 30.9 Å². The van der Waals surface area contributed by atoms with Gasteiger partial charge in [0, 0.05) is 12.6 Å². The van der Waals surface area contributed by atoms with Crippen molar-refractivity contribution in [2.45, 2.75) is 39.0 Å². The summed E-state index contributed by atoms with van der Waals surface area (Å²) in [5, 5.41) is 6.72. The predicted molar refractivity (Wildman–Crippen MR) is 98.2 cm³/mol. The summed E-state index contributed by atoms with van der Waals surface area (Å²) in [6, 6.07) is 19.0. The van der Waals surface area contributed by atoms with Crippen molar-refractivity contribution in [2.75, 3.05) is 6.54 Å². The Labute approximate surface area is 144 Å². The lowest BCUT2D eigenvalue weighted by atomic mass is 10.1. The summed E-state index contributed by atoms with van der Waals surface area (Å²) < 4.78 is 5.77. The summed E-state index contributed by atoms with van der Waals surface area (Å²) in [4.78, 5) is 4.65. The van der Waals surface area contributed by atoms with Crippen molar-refractivity contribution >= 4 is 5.96 Å². The van der Waals surface area contributed by atoms with Crippen LogP contribution in [0.15, 0.2) is 59.6 Å². The van der Waals surface area contributed by atoms with Gasteiger partial charge in [-0.15, -0.1) is 0 Å². The minimum absolute atomic E-state index is 0.583.